The Morgan fingerprint density at radius 2 is 1.63 bits per heavy atom. The molecule has 12 heteroatoms. The van der Waals surface area contributed by atoms with Crippen molar-refractivity contribution in [2.45, 2.75) is 84.5 Å². The van der Waals surface area contributed by atoms with Crippen LogP contribution in [0, 0.1) is 5.41 Å². The number of benzene rings is 1. The summed E-state index contributed by atoms with van der Waals surface area (Å²) in [5.41, 5.74) is -0.589. The van der Waals surface area contributed by atoms with E-state index in [0.717, 1.165) is 0 Å². The predicted octanol–water partition coefficient (Wildman–Crippen LogP) is 1.39. The molecular weight excluding hydrogens is 466 g/mol. The van der Waals surface area contributed by atoms with Gasteiger partial charge < -0.3 is 39.4 Å². The van der Waals surface area contributed by atoms with Crippen molar-refractivity contribution in [3.05, 3.63) is 23.8 Å². The first kappa shape index (κ1) is 28.3. The Balaban J connectivity index is 2.17. The number of aliphatic carboxylic acids is 1. The molecule has 0 radical (unpaired) electrons. The molecule has 1 aromatic carbocycles. The molecule has 1 saturated heterocycles. The van der Waals surface area contributed by atoms with Crippen molar-refractivity contribution >= 4 is 23.7 Å². The van der Waals surface area contributed by atoms with E-state index < -0.39 is 53.8 Å². The lowest BCUT2D eigenvalue weighted by Crippen LogP contribution is -2.60. The Hall–Kier alpha value is -2.93. The van der Waals surface area contributed by atoms with E-state index in [1.54, 1.807) is 53.7 Å². The fourth-order valence-corrected chi connectivity index (χ4v) is 2.93. The number of carboxylic acid groups (broad SMARTS) is 1. The Bertz CT molecular complexity index is 934. The first-order chi connectivity index (χ1) is 16.0. The number of carboxylic acids is 1. The standard InChI is InChI=1S/C23H33NO11/c1-22(2,3)20(30)32-10-11-7-8-12(13(9-11)35-23(4,5)6)24-21(31)34-19-16(27)14(25)15(26)17(33-19)18(28)29/h7-9,14-17,19,25-27H,10H2,1-6H3,(H,24,31)(H,28,29)/t14-,15-,16+,17-,19-/m0/s1. The van der Waals surface area contributed by atoms with Crippen molar-refractivity contribution in [2.24, 2.45) is 5.41 Å². The average molecular weight is 500 g/mol. The monoisotopic (exact) mass is 499 g/mol. The normalized spacial score (nSPS) is 24.9. The third kappa shape index (κ3) is 7.79. The van der Waals surface area contributed by atoms with Gasteiger partial charge in [-0.05, 0) is 59.2 Å². The fraction of sp³-hybridized carbons (Fsp3) is 0.609. The summed E-state index contributed by atoms with van der Waals surface area (Å²) in [5, 5.41) is 41.2. The molecule has 12 nitrogen and oxygen atoms in total. The first-order valence-electron chi connectivity index (χ1n) is 10.9. The summed E-state index contributed by atoms with van der Waals surface area (Å²) in [6, 6.07) is 4.65. The van der Waals surface area contributed by atoms with Gasteiger partial charge in [0.15, 0.2) is 6.10 Å². The highest BCUT2D eigenvalue weighted by molar-refractivity contribution is 5.87. The fourth-order valence-electron chi connectivity index (χ4n) is 2.93. The Kier molecular flexibility index (Phi) is 8.71. The van der Waals surface area contributed by atoms with Gasteiger partial charge in [0.25, 0.3) is 0 Å². The maximum absolute atomic E-state index is 12.5. The number of esters is 1. The van der Waals surface area contributed by atoms with Crippen molar-refractivity contribution in [3.8, 4) is 5.75 Å². The summed E-state index contributed by atoms with van der Waals surface area (Å²) < 4.78 is 21.1. The lowest BCUT2D eigenvalue weighted by atomic mass is 9.97. The predicted molar refractivity (Wildman–Crippen MR) is 120 cm³/mol. The smallest absolute Gasteiger partial charge is 0.414 e. The minimum atomic E-state index is -1.92. The lowest BCUT2D eigenvalue weighted by molar-refractivity contribution is -0.277. The second kappa shape index (κ2) is 10.8. The number of aliphatic hydroxyl groups is 3. The van der Waals surface area contributed by atoms with Crippen LogP contribution < -0.4 is 10.1 Å². The molecule has 1 fully saturated rings. The molecule has 196 valence electrons. The van der Waals surface area contributed by atoms with E-state index in [2.05, 4.69) is 5.32 Å². The summed E-state index contributed by atoms with van der Waals surface area (Å²) in [5.74, 6) is -1.77. The topological polar surface area (TPSA) is 181 Å². The molecule has 0 spiro atoms. The van der Waals surface area contributed by atoms with Crippen LogP contribution in [0.25, 0.3) is 0 Å². The number of hydrogen-bond acceptors (Lipinski definition) is 10. The summed E-state index contributed by atoms with van der Waals surface area (Å²) in [7, 11) is 0. The van der Waals surface area contributed by atoms with Gasteiger partial charge in [0, 0.05) is 0 Å². The number of ether oxygens (including phenoxy) is 4. The first-order valence-corrected chi connectivity index (χ1v) is 10.9. The highest BCUT2D eigenvalue weighted by atomic mass is 16.7. The van der Waals surface area contributed by atoms with Crippen LogP contribution in [0.1, 0.15) is 47.1 Å². The molecule has 0 bridgehead atoms. The number of amides is 1. The third-order valence-corrected chi connectivity index (χ3v) is 4.72. The minimum absolute atomic E-state index is 0.0275. The van der Waals surface area contributed by atoms with E-state index in [1.807, 2.05) is 0 Å². The van der Waals surface area contributed by atoms with E-state index in [9.17, 15) is 29.7 Å². The molecule has 35 heavy (non-hydrogen) atoms. The van der Waals surface area contributed by atoms with Gasteiger partial charge in [-0.2, -0.15) is 0 Å². The Morgan fingerprint density at radius 1 is 1.00 bits per heavy atom. The van der Waals surface area contributed by atoms with Crippen LogP contribution in [0.15, 0.2) is 18.2 Å². The molecule has 1 heterocycles. The van der Waals surface area contributed by atoms with Crippen molar-refractivity contribution in [1.29, 1.82) is 0 Å². The molecule has 1 amide bonds. The van der Waals surface area contributed by atoms with Crippen molar-refractivity contribution < 1.29 is 53.8 Å². The molecule has 0 saturated carbocycles. The van der Waals surface area contributed by atoms with Crippen LogP contribution in [0.5, 0.6) is 5.75 Å². The maximum atomic E-state index is 12.5. The van der Waals surface area contributed by atoms with Gasteiger partial charge in [-0.3, -0.25) is 10.1 Å². The van der Waals surface area contributed by atoms with Gasteiger partial charge in [-0.15, -0.1) is 0 Å². The summed E-state index contributed by atoms with van der Waals surface area (Å²) in [6.07, 6.45) is -10.7. The van der Waals surface area contributed by atoms with E-state index in [4.69, 9.17) is 24.1 Å². The molecule has 0 aliphatic carbocycles. The van der Waals surface area contributed by atoms with Crippen LogP contribution in [-0.4, -0.2) is 74.8 Å². The highest BCUT2D eigenvalue weighted by Crippen LogP contribution is 2.31. The molecule has 1 aliphatic heterocycles. The van der Waals surface area contributed by atoms with Crippen LogP contribution in [0.2, 0.25) is 0 Å². The van der Waals surface area contributed by atoms with Gasteiger partial charge in [0.1, 0.15) is 36.3 Å². The van der Waals surface area contributed by atoms with Gasteiger partial charge in [-0.1, -0.05) is 6.07 Å². The molecule has 0 aromatic heterocycles. The molecule has 1 aliphatic rings. The molecule has 2 rings (SSSR count). The minimum Gasteiger partial charge on any atom is -0.486 e. The highest BCUT2D eigenvalue weighted by Gasteiger charge is 2.48. The van der Waals surface area contributed by atoms with E-state index in [-0.39, 0.29) is 24.0 Å². The Morgan fingerprint density at radius 3 is 2.17 bits per heavy atom. The van der Waals surface area contributed by atoms with Crippen molar-refractivity contribution in [3.63, 3.8) is 0 Å². The number of hydrogen-bond donors (Lipinski definition) is 5. The van der Waals surface area contributed by atoms with Crippen LogP contribution in [0.4, 0.5) is 10.5 Å². The van der Waals surface area contributed by atoms with E-state index in [0.29, 0.717) is 5.56 Å². The van der Waals surface area contributed by atoms with Gasteiger partial charge in [-0.25, -0.2) is 9.59 Å². The average Bonchev–Trinajstić information content (AvgIpc) is 2.71. The second-order valence-electron chi connectivity index (χ2n) is 10.1. The summed E-state index contributed by atoms with van der Waals surface area (Å²) in [6.45, 7) is 10.5. The zero-order valence-electron chi connectivity index (χ0n) is 20.5. The van der Waals surface area contributed by atoms with Crippen molar-refractivity contribution in [1.82, 2.24) is 0 Å². The van der Waals surface area contributed by atoms with Gasteiger partial charge in [0.2, 0.25) is 6.29 Å². The lowest BCUT2D eigenvalue weighted by Gasteiger charge is -2.37. The quantitative estimate of drug-likeness (QED) is 0.357. The van der Waals surface area contributed by atoms with Crippen molar-refractivity contribution in [2.75, 3.05) is 5.32 Å². The number of carbonyl (C=O) groups excluding carboxylic acids is 2. The van der Waals surface area contributed by atoms with E-state index in [1.165, 1.54) is 6.07 Å². The number of nitrogens with one attached hydrogen (secondary N) is 1. The largest absolute Gasteiger partial charge is 0.486 e. The van der Waals surface area contributed by atoms with E-state index >= 15 is 0 Å². The van der Waals surface area contributed by atoms with Crippen LogP contribution >= 0.6 is 0 Å². The molecule has 1 aromatic rings. The summed E-state index contributed by atoms with van der Waals surface area (Å²) >= 11 is 0. The zero-order valence-corrected chi connectivity index (χ0v) is 20.5. The molecule has 5 N–H and O–H groups in total. The second-order valence-corrected chi connectivity index (χ2v) is 10.1. The molecule has 5 atom stereocenters. The number of rotatable bonds is 6. The van der Waals surface area contributed by atoms with Gasteiger partial charge >= 0.3 is 18.0 Å². The number of carbonyl (C=O) groups is 3. The summed E-state index contributed by atoms with van der Waals surface area (Å²) in [4.78, 5) is 35.8. The SMILES string of the molecule is CC(C)(C)Oc1cc(COC(=O)C(C)(C)C)ccc1NC(=O)O[C@@H]1O[C@H](C(=O)O)[C@@H](O)[C@H](O)[C@H]1O. The number of aliphatic hydroxyl groups excluding tert-OH is 3. The van der Waals surface area contributed by atoms with Crippen LogP contribution in [0.3, 0.4) is 0 Å². The maximum Gasteiger partial charge on any atom is 0.414 e. The Labute approximate surface area is 202 Å². The third-order valence-electron chi connectivity index (χ3n) is 4.72. The van der Waals surface area contributed by atoms with Gasteiger partial charge in [0.05, 0.1) is 11.1 Å². The van der Waals surface area contributed by atoms with Crippen LogP contribution in [-0.2, 0) is 30.4 Å². The molecular formula is C23H33NO11. The molecule has 0 unspecified atom stereocenters. The zero-order chi connectivity index (χ0) is 26.7. The number of anilines is 1.